The normalized spacial score (nSPS) is 9.38. The van der Waals surface area contributed by atoms with E-state index in [0.29, 0.717) is 0 Å². The number of hydrogen-bond donors (Lipinski definition) is 0. The molecule has 0 bridgehead atoms. The lowest BCUT2D eigenvalue weighted by Crippen LogP contribution is -1.89. The quantitative estimate of drug-likeness (QED) is 0.535. The van der Waals surface area contributed by atoms with Crippen LogP contribution in [0.15, 0.2) is 17.0 Å². The summed E-state index contributed by atoms with van der Waals surface area (Å²) >= 11 is 1.19. The average molecular weight is 193 g/mol. The molecule has 1 aromatic carbocycles. The van der Waals surface area contributed by atoms with Gasteiger partial charge in [0, 0.05) is 4.90 Å². The van der Waals surface area contributed by atoms with Crippen LogP contribution in [0.4, 0.5) is 0 Å². The minimum absolute atomic E-state index is 0.875. The number of nitrogens with zero attached hydrogens (tertiary/aromatic N) is 1. The van der Waals surface area contributed by atoms with E-state index in [4.69, 9.17) is 10.00 Å². The van der Waals surface area contributed by atoms with Crippen molar-refractivity contribution in [2.45, 2.75) is 18.7 Å². The van der Waals surface area contributed by atoms with Gasteiger partial charge in [-0.3, -0.25) is 0 Å². The minimum atomic E-state index is 0.875. The summed E-state index contributed by atoms with van der Waals surface area (Å²) in [4.78, 5) is 1.00. The van der Waals surface area contributed by atoms with E-state index in [1.165, 1.54) is 11.8 Å². The van der Waals surface area contributed by atoms with E-state index in [1.54, 1.807) is 7.11 Å². The van der Waals surface area contributed by atoms with Gasteiger partial charge in [0.2, 0.25) is 0 Å². The maximum atomic E-state index is 8.54. The highest BCUT2D eigenvalue weighted by molar-refractivity contribution is 8.03. The predicted molar refractivity (Wildman–Crippen MR) is 53.9 cm³/mol. The van der Waals surface area contributed by atoms with Crippen LogP contribution in [0.3, 0.4) is 0 Å². The Morgan fingerprint density at radius 3 is 2.54 bits per heavy atom. The summed E-state index contributed by atoms with van der Waals surface area (Å²) < 4.78 is 5.17. The van der Waals surface area contributed by atoms with Crippen LogP contribution < -0.4 is 4.74 Å². The van der Waals surface area contributed by atoms with Crippen LogP contribution >= 0.6 is 11.8 Å². The van der Waals surface area contributed by atoms with Crippen LogP contribution in [-0.4, -0.2) is 7.11 Å². The Hall–Kier alpha value is -1.14. The molecule has 0 radical (unpaired) electrons. The summed E-state index contributed by atoms with van der Waals surface area (Å²) in [6.07, 6.45) is 0. The smallest absolute Gasteiger partial charge is 0.138 e. The molecule has 0 aromatic heterocycles. The predicted octanol–water partition coefficient (Wildman–Crippen LogP) is 2.89. The van der Waals surface area contributed by atoms with Gasteiger partial charge >= 0.3 is 0 Å². The lowest BCUT2D eigenvalue weighted by atomic mass is 10.1. The first kappa shape index (κ1) is 9.94. The zero-order valence-electron chi connectivity index (χ0n) is 7.92. The monoisotopic (exact) mass is 193 g/mol. The fraction of sp³-hybridized carbons (Fsp3) is 0.300. The molecule has 0 saturated carbocycles. The Balaban J connectivity index is 3.14. The second-order valence-corrected chi connectivity index (χ2v) is 3.61. The molecule has 0 unspecified atom stereocenters. The molecular formula is C10H11NOS. The van der Waals surface area contributed by atoms with Crippen molar-refractivity contribution in [2.75, 3.05) is 7.11 Å². The van der Waals surface area contributed by atoms with E-state index < -0.39 is 0 Å². The lowest BCUT2D eigenvalue weighted by molar-refractivity contribution is 0.411. The van der Waals surface area contributed by atoms with Crippen LogP contribution in [-0.2, 0) is 0 Å². The van der Waals surface area contributed by atoms with Gasteiger partial charge in [0.05, 0.1) is 7.11 Å². The Kier molecular flexibility index (Phi) is 3.21. The number of benzene rings is 1. The summed E-state index contributed by atoms with van der Waals surface area (Å²) in [5.41, 5.74) is 2.14. The first-order chi connectivity index (χ1) is 6.19. The first-order valence-electron chi connectivity index (χ1n) is 3.90. The van der Waals surface area contributed by atoms with Gasteiger partial charge in [-0.05, 0) is 48.9 Å². The number of thioether (sulfide) groups is 1. The maximum absolute atomic E-state index is 8.54. The molecule has 0 heterocycles. The molecule has 0 aliphatic heterocycles. The SMILES string of the molecule is COc1cc(C)c(SC#N)cc1C. The summed E-state index contributed by atoms with van der Waals surface area (Å²) in [7, 11) is 1.65. The van der Waals surface area contributed by atoms with Gasteiger partial charge in [-0.2, -0.15) is 5.26 Å². The molecule has 0 fully saturated rings. The molecule has 3 heteroatoms. The van der Waals surface area contributed by atoms with Gasteiger partial charge < -0.3 is 4.74 Å². The van der Waals surface area contributed by atoms with Crippen molar-refractivity contribution in [3.05, 3.63) is 23.3 Å². The van der Waals surface area contributed by atoms with E-state index in [-0.39, 0.29) is 0 Å². The fourth-order valence-corrected chi connectivity index (χ4v) is 1.70. The summed E-state index contributed by atoms with van der Waals surface area (Å²) in [5.74, 6) is 0.875. The molecular weight excluding hydrogens is 182 g/mol. The lowest BCUT2D eigenvalue weighted by Gasteiger charge is -2.07. The Morgan fingerprint density at radius 1 is 1.31 bits per heavy atom. The van der Waals surface area contributed by atoms with Crippen LogP contribution in [0.25, 0.3) is 0 Å². The molecule has 0 aliphatic rings. The van der Waals surface area contributed by atoms with Gasteiger partial charge in [0.25, 0.3) is 0 Å². The average Bonchev–Trinajstić information content (AvgIpc) is 2.11. The Bertz CT molecular complexity index is 355. The van der Waals surface area contributed by atoms with Gasteiger partial charge in [-0.1, -0.05) is 0 Å². The molecule has 13 heavy (non-hydrogen) atoms. The van der Waals surface area contributed by atoms with E-state index in [1.807, 2.05) is 26.0 Å². The minimum Gasteiger partial charge on any atom is -0.496 e. The Morgan fingerprint density at radius 2 is 2.00 bits per heavy atom. The highest BCUT2D eigenvalue weighted by Crippen LogP contribution is 2.28. The molecule has 0 aliphatic carbocycles. The van der Waals surface area contributed by atoms with Crippen molar-refractivity contribution in [3.8, 4) is 11.2 Å². The molecule has 0 spiro atoms. The Labute approximate surface area is 82.5 Å². The van der Waals surface area contributed by atoms with Gasteiger partial charge in [-0.15, -0.1) is 0 Å². The highest BCUT2D eigenvalue weighted by atomic mass is 32.2. The fourth-order valence-electron chi connectivity index (χ4n) is 1.14. The van der Waals surface area contributed by atoms with Crippen molar-refractivity contribution < 1.29 is 4.74 Å². The number of rotatable bonds is 2. The molecule has 0 atom stereocenters. The maximum Gasteiger partial charge on any atom is 0.138 e. The molecule has 0 N–H and O–H groups in total. The van der Waals surface area contributed by atoms with Crippen LogP contribution in [0.5, 0.6) is 5.75 Å². The van der Waals surface area contributed by atoms with Crippen molar-refractivity contribution in [1.29, 1.82) is 5.26 Å². The first-order valence-corrected chi connectivity index (χ1v) is 4.72. The van der Waals surface area contributed by atoms with Crippen molar-refractivity contribution >= 4 is 11.8 Å². The third-order valence-corrected chi connectivity index (χ3v) is 2.60. The van der Waals surface area contributed by atoms with Crippen molar-refractivity contribution in [2.24, 2.45) is 0 Å². The van der Waals surface area contributed by atoms with Gasteiger partial charge in [0.1, 0.15) is 11.2 Å². The second-order valence-electron chi connectivity index (χ2n) is 2.78. The molecule has 0 saturated heterocycles. The summed E-state index contributed by atoms with van der Waals surface area (Å²) in [6.45, 7) is 3.95. The standard InChI is InChI=1S/C10H11NOS/c1-7-5-10(13-6-11)8(2)4-9(7)12-3/h4-5H,1-3H3. The molecule has 0 amide bonds. The van der Waals surface area contributed by atoms with Crippen molar-refractivity contribution in [1.82, 2.24) is 0 Å². The van der Waals surface area contributed by atoms with Crippen LogP contribution in [0.2, 0.25) is 0 Å². The van der Waals surface area contributed by atoms with Crippen LogP contribution in [0, 0.1) is 24.5 Å². The van der Waals surface area contributed by atoms with E-state index in [0.717, 1.165) is 21.8 Å². The molecule has 2 nitrogen and oxygen atoms in total. The third-order valence-electron chi connectivity index (χ3n) is 1.85. The second kappa shape index (κ2) is 4.20. The molecule has 68 valence electrons. The molecule has 1 rings (SSSR count). The number of ether oxygens (including phenoxy) is 1. The van der Waals surface area contributed by atoms with Gasteiger partial charge in [0.15, 0.2) is 0 Å². The zero-order valence-corrected chi connectivity index (χ0v) is 8.73. The van der Waals surface area contributed by atoms with Gasteiger partial charge in [-0.25, -0.2) is 0 Å². The number of thiocyanates is 1. The number of methoxy groups -OCH3 is 1. The van der Waals surface area contributed by atoms with Crippen LogP contribution in [0.1, 0.15) is 11.1 Å². The van der Waals surface area contributed by atoms with E-state index in [9.17, 15) is 0 Å². The number of nitriles is 1. The number of aryl methyl sites for hydroxylation is 2. The highest BCUT2D eigenvalue weighted by Gasteiger charge is 2.04. The third kappa shape index (κ3) is 2.16. The number of hydrogen-bond acceptors (Lipinski definition) is 3. The van der Waals surface area contributed by atoms with Crippen molar-refractivity contribution in [3.63, 3.8) is 0 Å². The largest absolute Gasteiger partial charge is 0.496 e. The van der Waals surface area contributed by atoms with E-state index in [2.05, 4.69) is 5.40 Å². The topological polar surface area (TPSA) is 33.0 Å². The summed E-state index contributed by atoms with van der Waals surface area (Å²) in [5, 5.41) is 10.6. The van der Waals surface area contributed by atoms with E-state index >= 15 is 0 Å². The molecule has 1 aromatic rings. The zero-order chi connectivity index (χ0) is 9.84. The summed E-state index contributed by atoms with van der Waals surface area (Å²) in [6, 6.07) is 3.93.